The highest BCUT2D eigenvalue weighted by atomic mass is 35.5. The fourth-order valence-electron chi connectivity index (χ4n) is 2.31. The van der Waals surface area contributed by atoms with Gasteiger partial charge in [-0.05, 0) is 37.7 Å². The van der Waals surface area contributed by atoms with Crippen molar-refractivity contribution in [1.29, 1.82) is 0 Å². The molecule has 1 saturated carbocycles. The molecule has 1 fully saturated rings. The molecule has 6 heteroatoms. The summed E-state index contributed by atoms with van der Waals surface area (Å²) in [5.74, 6) is 0.526. The summed E-state index contributed by atoms with van der Waals surface area (Å²) < 4.78 is 0. The van der Waals surface area contributed by atoms with Crippen LogP contribution in [-0.2, 0) is 0 Å². The molecule has 1 aromatic rings. The summed E-state index contributed by atoms with van der Waals surface area (Å²) in [4.78, 5) is 16.2. The van der Waals surface area contributed by atoms with Gasteiger partial charge >= 0.3 is 0 Å². The first-order valence-corrected chi connectivity index (χ1v) is 7.98. The van der Waals surface area contributed by atoms with Gasteiger partial charge in [-0.2, -0.15) is 11.8 Å². The molecule has 0 bridgehead atoms. The van der Waals surface area contributed by atoms with Crippen molar-refractivity contribution in [2.75, 3.05) is 18.6 Å². The Morgan fingerprint density at radius 2 is 2.26 bits per heavy atom. The van der Waals surface area contributed by atoms with Crippen LogP contribution in [0.4, 0.5) is 5.82 Å². The second-order valence-corrected chi connectivity index (χ2v) is 6.18. The maximum absolute atomic E-state index is 12.2. The number of nitrogens with one attached hydrogen (secondary N) is 2. The second kappa shape index (κ2) is 6.48. The quantitative estimate of drug-likeness (QED) is 0.840. The van der Waals surface area contributed by atoms with E-state index in [9.17, 15) is 4.79 Å². The number of rotatable bonds is 4. The summed E-state index contributed by atoms with van der Waals surface area (Å²) in [5, 5.41) is 6.96. The number of thioether (sulfide) groups is 1. The molecule has 0 saturated heterocycles. The van der Waals surface area contributed by atoms with E-state index in [0.717, 1.165) is 12.8 Å². The van der Waals surface area contributed by atoms with Crippen molar-refractivity contribution in [3.05, 3.63) is 22.8 Å². The molecular formula is C13H18ClN3OS. The zero-order valence-corrected chi connectivity index (χ0v) is 12.6. The normalized spacial score (nSPS) is 22.3. The predicted molar refractivity (Wildman–Crippen MR) is 81.2 cm³/mol. The molecule has 0 aromatic carbocycles. The Kier molecular flexibility index (Phi) is 4.93. The molecule has 2 rings (SSSR count). The molecular weight excluding hydrogens is 282 g/mol. The topological polar surface area (TPSA) is 54.0 Å². The predicted octanol–water partition coefficient (Wildman–Crippen LogP) is 2.79. The third kappa shape index (κ3) is 3.76. The van der Waals surface area contributed by atoms with E-state index in [4.69, 9.17) is 11.6 Å². The van der Waals surface area contributed by atoms with Crippen molar-refractivity contribution >= 4 is 35.1 Å². The Morgan fingerprint density at radius 3 is 2.89 bits per heavy atom. The first-order valence-electron chi connectivity index (χ1n) is 6.31. The lowest BCUT2D eigenvalue weighted by molar-refractivity contribution is 0.0938. The zero-order chi connectivity index (χ0) is 13.8. The Bertz CT molecular complexity index is 469. The number of carbonyl (C=O) groups is 1. The van der Waals surface area contributed by atoms with Crippen LogP contribution in [0.25, 0.3) is 0 Å². The molecule has 2 atom stereocenters. The summed E-state index contributed by atoms with van der Waals surface area (Å²) in [7, 11) is 1.75. The Labute approximate surface area is 122 Å². The lowest BCUT2D eigenvalue weighted by Crippen LogP contribution is -2.33. The van der Waals surface area contributed by atoms with Crippen LogP contribution in [-0.4, -0.2) is 35.5 Å². The van der Waals surface area contributed by atoms with Gasteiger partial charge in [-0.25, -0.2) is 4.98 Å². The van der Waals surface area contributed by atoms with Crippen LogP contribution in [0.1, 0.15) is 29.6 Å². The first kappa shape index (κ1) is 14.5. The van der Waals surface area contributed by atoms with Crippen LogP contribution in [0.3, 0.4) is 0 Å². The minimum absolute atomic E-state index is 0.0763. The summed E-state index contributed by atoms with van der Waals surface area (Å²) in [6.07, 6.45) is 5.39. The van der Waals surface area contributed by atoms with Gasteiger partial charge in [0.25, 0.3) is 5.91 Å². The molecule has 0 spiro atoms. The monoisotopic (exact) mass is 299 g/mol. The van der Waals surface area contributed by atoms with Gasteiger partial charge < -0.3 is 10.6 Å². The van der Waals surface area contributed by atoms with E-state index in [1.807, 2.05) is 11.8 Å². The number of carbonyl (C=O) groups excluding carboxylic acids is 1. The molecule has 2 N–H and O–H groups in total. The minimum atomic E-state index is -0.0763. The van der Waals surface area contributed by atoms with E-state index in [0.29, 0.717) is 21.8 Å². The van der Waals surface area contributed by atoms with Gasteiger partial charge in [-0.15, -0.1) is 0 Å². The fraction of sp³-hybridized carbons (Fsp3) is 0.538. The van der Waals surface area contributed by atoms with Crippen LogP contribution in [0.15, 0.2) is 12.1 Å². The number of amides is 1. The van der Waals surface area contributed by atoms with Crippen molar-refractivity contribution in [1.82, 2.24) is 10.3 Å². The maximum Gasteiger partial charge on any atom is 0.251 e. The van der Waals surface area contributed by atoms with Gasteiger partial charge in [0.05, 0.1) is 0 Å². The molecule has 1 heterocycles. The van der Waals surface area contributed by atoms with Crippen molar-refractivity contribution in [3.8, 4) is 0 Å². The molecule has 1 aromatic heterocycles. The van der Waals surface area contributed by atoms with Gasteiger partial charge in [0.15, 0.2) is 0 Å². The van der Waals surface area contributed by atoms with Crippen molar-refractivity contribution in [2.45, 2.75) is 30.6 Å². The zero-order valence-electron chi connectivity index (χ0n) is 11.1. The summed E-state index contributed by atoms with van der Waals surface area (Å²) in [5.41, 5.74) is 0.553. The molecule has 104 valence electrons. The molecule has 0 radical (unpaired) electrons. The SMILES string of the molecule is CNc1cc(C(=O)NC2CCC(SC)C2)cc(Cl)n1. The molecule has 1 amide bonds. The minimum Gasteiger partial charge on any atom is -0.373 e. The molecule has 2 unspecified atom stereocenters. The maximum atomic E-state index is 12.2. The van der Waals surface area contributed by atoms with Crippen LogP contribution in [0.2, 0.25) is 5.15 Å². The summed E-state index contributed by atoms with van der Waals surface area (Å²) >= 11 is 7.78. The highest BCUT2D eigenvalue weighted by Gasteiger charge is 2.25. The number of aromatic nitrogens is 1. The van der Waals surface area contributed by atoms with Crippen LogP contribution in [0, 0.1) is 0 Å². The molecule has 4 nitrogen and oxygen atoms in total. The van der Waals surface area contributed by atoms with Crippen LogP contribution >= 0.6 is 23.4 Å². The number of pyridine rings is 1. The van der Waals surface area contributed by atoms with E-state index in [1.54, 1.807) is 19.2 Å². The Hall–Kier alpha value is -0.940. The van der Waals surface area contributed by atoms with Gasteiger partial charge in [0.2, 0.25) is 0 Å². The third-order valence-electron chi connectivity index (χ3n) is 3.37. The number of hydrogen-bond acceptors (Lipinski definition) is 4. The first-order chi connectivity index (χ1) is 9.12. The standard InChI is InChI=1S/C13H18ClN3OS/c1-15-12-6-8(5-11(14)17-12)13(18)16-9-3-4-10(7-9)19-2/h5-6,9-10H,3-4,7H2,1-2H3,(H,15,17)(H,16,18). The average molecular weight is 300 g/mol. The third-order valence-corrected chi connectivity index (χ3v) is 4.65. The summed E-state index contributed by atoms with van der Waals surface area (Å²) in [6, 6.07) is 3.58. The number of halogens is 1. The number of anilines is 1. The molecule has 1 aliphatic carbocycles. The van der Waals surface area contributed by atoms with E-state index >= 15 is 0 Å². The molecule has 0 aliphatic heterocycles. The van der Waals surface area contributed by atoms with Crippen molar-refractivity contribution < 1.29 is 4.79 Å². The van der Waals surface area contributed by atoms with Gasteiger partial charge in [-0.1, -0.05) is 11.6 Å². The van der Waals surface area contributed by atoms with Gasteiger partial charge in [0, 0.05) is 23.9 Å². The lowest BCUT2D eigenvalue weighted by atomic mass is 10.2. The highest BCUT2D eigenvalue weighted by molar-refractivity contribution is 7.99. The van der Waals surface area contributed by atoms with E-state index in [-0.39, 0.29) is 11.9 Å². The lowest BCUT2D eigenvalue weighted by Gasteiger charge is -2.13. The number of hydrogen-bond donors (Lipinski definition) is 2. The highest BCUT2D eigenvalue weighted by Crippen LogP contribution is 2.28. The van der Waals surface area contributed by atoms with Crippen LogP contribution in [0.5, 0.6) is 0 Å². The van der Waals surface area contributed by atoms with E-state index in [2.05, 4.69) is 21.9 Å². The second-order valence-electron chi connectivity index (χ2n) is 4.65. The van der Waals surface area contributed by atoms with Crippen molar-refractivity contribution in [3.63, 3.8) is 0 Å². The largest absolute Gasteiger partial charge is 0.373 e. The van der Waals surface area contributed by atoms with Crippen LogP contribution < -0.4 is 10.6 Å². The Morgan fingerprint density at radius 1 is 1.47 bits per heavy atom. The average Bonchev–Trinajstić information content (AvgIpc) is 2.85. The fourth-order valence-corrected chi connectivity index (χ4v) is 3.32. The molecule has 19 heavy (non-hydrogen) atoms. The molecule has 1 aliphatic rings. The summed E-state index contributed by atoms with van der Waals surface area (Å²) in [6.45, 7) is 0. The number of nitrogens with zero attached hydrogens (tertiary/aromatic N) is 1. The van der Waals surface area contributed by atoms with Crippen molar-refractivity contribution in [2.24, 2.45) is 0 Å². The smallest absolute Gasteiger partial charge is 0.251 e. The Balaban J connectivity index is 2.02. The van der Waals surface area contributed by atoms with E-state index < -0.39 is 0 Å². The van der Waals surface area contributed by atoms with Gasteiger partial charge in [-0.3, -0.25) is 4.79 Å². The van der Waals surface area contributed by atoms with E-state index in [1.165, 1.54) is 6.42 Å². The van der Waals surface area contributed by atoms with Gasteiger partial charge in [0.1, 0.15) is 11.0 Å².